The maximum absolute atomic E-state index is 13.2. The zero-order chi connectivity index (χ0) is 21.4. The molecule has 1 aromatic carbocycles. The lowest BCUT2D eigenvalue weighted by Gasteiger charge is -2.29. The predicted octanol–water partition coefficient (Wildman–Crippen LogP) is 3.32. The summed E-state index contributed by atoms with van der Waals surface area (Å²) in [4.78, 5) is 35.6. The number of halogens is 1. The Bertz CT molecular complexity index is 1060. The summed E-state index contributed by atoms with van der Waals surface area (Å²) in [6.45, 7) is 2.26. The molecule has 1 saturated heterocycles. The van der Waals surface area contributed by atoms with Gasteiger partial charge in [-0.05, 0) is 37.3 Å². The third kappa shape index (κ3) is 3.90. The molecule has 1 aliphatic carbocycles. The largest absolute Gasteiger partial charge is 0.378 e. The van der Waals surface area contributed by atoms with Crippen molar-refractivity contribution >= 4 is 45.5 Å². The van der Waals surface area contributed by atoms with E-state index < -0.39 is 0 Å². The zero-order valence-corrected chi connectivity index (χ0v) is 18.8. The molecule has 1 aromatic heterocycles. The van der Waals surface area contributed by atoms with Gasteiger partial charge in [0.15, 0.2) is 0 Å². The number of thiophene rings is 1. The SMILES string of the molecule is O=C(CN1C(=O)CN=C(c2ccccc2Cl)c2c1sc1c2CCCC1)N1CCOCC1. The molecule has 2 aliphatic heterocycles. The van der Waals surface area contributed by atoms with E-state index in [9.17, 15) is 9.59 Å². The zero-order valence-electron chi connectivity index (χ0n) is 17.2. The number of amides is 2. The van der Waals surface area contributed by atoms with Gasteiger partial charge in [0.2, 0.25) is 11.8 Å². The van der Waals surface area contributed by atoms with E-state index >= 15 is 0 Å². The second-order valence-corrected chi connectivity index (χ2v) is 9.50. The highest BCUT2D eigenvalue weighted by Gasteiger charge is 2.34. The monoisotopic (exact) mass is 457 g/mol. The number of hydrogen-bond donors (Lipinski definition) is 0. The van der Waals surface area contributed by atoms with Crippen LogP contribution in [-0.2, 0) is 27.2 Å². The van der Waals surface area contributed by atoms with E-state index in [-0.39, 0.29) is 24.9 Å². The van der Waals surface area contributed by atoms with E-state index in [1.165, 1.54) is 10.4 Å². The summed E-state index contributed by atoms with van der Waals surface area (Å²) >= 11 is 8.18. The van der Waals surface area contributed by atoms with E-state index in [4.69, 9.17) is 21.3 Å². The fraction of sp³-hybridized carbons (Fsp3) is 0.435. The maximum atomic E-state index is 13.2. The molecule has 5 rings (SSSR count). The van der Waals surface area contributed by atoms with Crippen LogP contribution in [0.4, 0.5) is 5.00 Å². The van der Waals surface area contributed by atoms with Gasteiger partial charge in [-0.3, -0.25) is 19.5 Å². The Kier molecular flexibility index (Phi) is 5.82. The summed E-state index contributed by atoms with van der Waals surface area (Å²) in [5.41, 5.74) is 3.87. The lowest BCUT2D eigenvalue weighted by atomic mass is 9.91. The first kappa shape index (κ1) is 20.7. The van der Waals surface area contributed by atoms with Crippen LogP contribution in [0.3, 0.4) is 0 Å². The number of aliphatic imine (C=N–C) groups is 1. The van der Waals surface area contributed by atoms with Crippen molar-refractivity contribution < 1.29 is 14.3 Å². The van der Waals surface area contributed by atoms with E-state index in [0.717, 1.165) is 47.5 Å². The Morgan fingerprint density at radius 2 is 1.94 bits per heavy atom. The topological polar surface area (TPSA) is 62.2 Å². The van der Waals surface area contributed by atoms with Crippen molar-refractivity contribution in [2.75, 3.05) is 44.3 Å². The molecule has 0 unspecified atom stereocenters. The molecular formula is C23H24ClN3O3S. The summed E-state index contributed by atoms with van der Waals surface area (Å²) in [7, 11) is 0. The van der Waals surface area contributed by atoms with Gasteiger partial charge >= 0.3 is 0 Å². The van der Waals surface area contributed by atoms with Crippen LogP contribution in [0.2, 0.25) is 5.02 Å². The minimum Gasteiger partial charge on any atom is -0.378 e. The molecule has 8 heteroatoms. The Hall–Kier alpha value is -2.22. The molecule has 2 aromatic rings. The first-order chi connectivity index (χ1) is 15.1. The first-order valence-corrected chi connectivity index (χ1v) is 11.9. The molecule has 6 nitrogen and oxygen atoms in total. The fourth-order valence-electron chi connectivity index (χ4n) is 4.49. The molecule has 0 atom stereocenters. The maximum Gasteiger partial charge on any atom is 0.249 e. The third-order valence-corrected chi connectivity index (χ3v) is 7.74. The average Bonchev–Trinajstić information content (AvgIpc) is 3.12. The van der Waals surface area contributed by atoms with Gasteiger partial charge < -0.3 is 9.64 Å². The lowest BCUT2D eigenvalue weighted by molar-refractivity contribution is -0.134. The van der Waals surface area contributed by atoms with Crippen LogP contribution in [0.5, 0.6) is 0 Å². The highest BCUT2D eigenvalue weighted by molar-refractivity contribution is 7.17. The van der Waals surface area contributed by atoms with Crippen LogP contribution in [0, 0.1) is 0 Å². The summed E-state index contributed by atoms with van der Waals surface area (Å²) in [5.74, 6) is -0.196. The number of fused-ring (bicyclic) bond motifs is 3. The molecule has 0 spiro atoms. The van der Waals surface area contributed by atoms with Crippen molar-refractivity contribution in [3.05, 3.63) is 50.9 Å². The average molecular weight is 458 g/mol. The van der Waals surface area contributed by atoms with Crippen molar-refractivity contribution in [2.45, 2.75) is 25.7 Å². The number of carbonyl (C=O) groups excluding carboxylic acids is 2. The van der Waals surface area contributed by atoms with Crippen molar-refractivity contribution in [1.29, 1.82) is 0 Å². The van der Waals surface area contributed by atoms with Gasteiger partial charge in [-0.25, -0.2) is 0 Å². The van der Waals surface area contributed by atoms with E-state index in [1.54, 1.807) is 21.1 Å². The molecule has 1 fully saturated rings. The molecule has 0 saturated carbocycles. The van der Waals surface area contributed by atoms with Crippen LogP contribution in [-0.4, -0.2) is 61.8 Å². The van der Waals surface area contributed by atoms with Crippen LogP contribution in [0.15, 0.2) is 29.3 Å². The highest BCUT2D eigenvalue weighted by Crippen LogP contribution is 2.43. The van der Waals surface area contributed by atoms with Gasteiger partial charge in [0, 0.05) is 34.1 Å². The summed E-state index contributed by atoms with van der Waals surface area (Å²) in [5, 5.41) is 1.46. The number of aryl methyl sites for hydroxylation is 1. The normalized spacial score (nSPS) is 18.9. The summed E-state index contributed by atoms with van der Waals surface area (Å²) in [6, 6.07) is 7.64. The molecular weight excluding hydrogens is 434 g/mol. The minimum absolute atomic E-state index is 0.00706. The van der Waals surface area contributed by atoms with Crippen molar-refractivity contribution in [3.63, 3.8) is 0 Å². The van der Waals surface area contributed by atoms with Gasteiger partial charge in [0.1, 0.15) is 18.1 Å². The second kappa shape index (κ2) is 8.73. The molecule has 3 heterocycles. The number of hydrogen-bond acceptors (Lipinski definition) is 5. The minimum atomic E-state index is -0.150. The highest BCUT2D eigenvalue weighted by atomic mass is 35.5. The predicted molar refractivity (Wildman–Crippen MR) is 123 cm³/mol. The Morgan fingerprint density at radius 1 is 1.16 bits per heavy atom. The van der Waals surface area contributed by atoms with Gasteiger partial charge in [0.25, 0.3) is 0 Å². The molecule has 0 N–H and O–H groups in total. The quantitative estimate of drug-likeness (QED) is 0.710. The van der Waals surface area contributed by atoms with Crippen LogP contribution < -0.4 is 4.90 Å². The van der Waals surface area contributed by atoms with Gasteiger partial charge in [0.05, 0.1) is 18.9 Å². The molecule has 162 valence electrons. The Labute approximate surface area is 190 Å². The van der Waals surface area contributed by atoms with E-state index in [2.05, 4.69) is 0 Å². The lowest BCUT2D eigenvalue weighted by Crippen LogP contribution is -2.47. The molecule has 31 heavy (non-hydrogen) atoms. The van der Waals surface area contributed by atoms with Crippen molar-refractivity contribution in [3.8, 4) is 0 Å². The number of rotatable bonds is 3. The number of morpholine rings is 1. The third-order valence-electron chi connectivity index (χ3n) is 6.09. The molecule has 0 radical (unpaired) electrons. The summed E-state index contributed by atoms with van der Waals surface area (Å²) in [6.07, 6.45) is 4.23. The number of ether oxygens (including phenoxy) is 1. The molecule has 3 aliphatic rings. The van der Waals surface area contributed by atoms with Gasteiger partial charge in [-0.2, -0.15) is 0 Å². The second-order valence-electron chi connectivity index (χ2n) is 8.01. The smallest absolute Gasteiger partial charge is 0.249 e. The van der Waals surface area contributed by atoms with Gasteiger partial charge in [-0.15, -0.1) is 11.3 Å². The number of anilines is 1. The number of nitrogens with zero attached hydrogens (tertiary/aromatic N) is 3. The Morgan fingerprint density at radius 3 is 2.74 bits per heavy atom. The van der Waals surface area contributed by atoms with Crippen LogP contribution in [0.25, 0.3) is 0 Å². The number of carbonyl (C=O) groups is 2. The first-order valence-electron chi connectivity index (χ1n) is 10.7. The van der Waals surface area contributed by atoms with E-state index in [1.807, 2.05) is 24.3 Å². The van der Waals surface area contributed by atoms with Gasteiger partial charge in [-0.1, -0.05) is 29.8 Å². The van der Waals surface area contributed by atoms with E-state index in [0.29, 0.717) is 31.3 Å². The summed E-state index contributed by atoms with van der Waals surface area (Å²) < 4.78 is 5.36. The van der Waals surface area contributed by atoms with Crippen LogP contribution >= 0.6 is 22.9 Å². The number of benzene rings is 1. The fourth-order valence-corrected chi connectivity index (χ4v) is 6.12. The van der Waals surface area contributed by atoms with Crippen molar-refractivity contribution in [2.24, 2.45) is 4.99 Å². The molecule has 2 amide bonds. The Balaban J connectivity index is 1.58. The van der Waals surface area contributed by atoms with Crippen LogP contribution in [0.1, 0.15) is 34.4 Å². The molecule has 0 bridgehead atoms. The standard InChI is InChI=1S/C23H24ClN3O3S/c24-17-7-3-1-5-15(17)22-21-16-6-2-4-8-18(16)31-23(21)27(19(28)13-25-22)14-20(29)26-9-11-30-12-10-26/h1,3,5,7H,2,4,6,8-14H2. The van der Waals surface area contributed by atoms with Crippen molar-refractivity contribution in [1.82, 2.24) is 4.90 Å².